The average Bonchev–Trinajstić information content (AvgIpc) is 2.46. The molecule has 1 saturated heterocycles. The van der Waals surface area contributed by atoms with Crippen LogP contribution in [0, 0.1) is 3.57 Å². The number of anilines is 1. The summed E-state index contributed by atoms with van der Waals surface area (Å²) < 4.78 is 6.97. The lowest BCUT2D eigenvalue weighted by atomic mass is 10.2. The van der Waals surface area contributed by atoms with Crippen molar-refractivity contribution in [2.45, 2.75) is 32.8 Å². The number of aryl methyl sites for hydroxylation is 1. The number of rotatable bonds is 5. The van der Waals surface area contributed by atoms with Gasteiger partial charge in [-0.1, -0.05) is 13.8 Å². The van der Waals surface area contributed by atoms with Gasteiger partial charge in [-0.25, -0.2) is 9.97 Å². The Labute approximate surface area is 134 Å². The fraction of sp³-hybridized carbons (Fsp3) is 0.714. The molecule has 1 aromatic heterocycles. The molecule has 0 amide bonds. The Morgan fingerprint density at radius 3 is 2.85 bits per heavy atom. The molecule has 0 saturated carbocycles. The van der Waals surface area contributed by atoms with Crippen LogP contribution >= 0.6 is 22.6 Å². The number of ether oxygens (including phenoxy) is 1. The van der Waals surface area contributed by atoms with E-state index in [0.29, 0.717) is 0 Å². The van der Waals surface area contributed by atoms with Gasteiger partial charge in [0.25, 0.3) is 0 Å². The quantitative estimate of drug-likeness (QED) is 0.783. The van der Waals surface area contributed by atoms with Crippen LogP contribution in [0.3, 0.4) is 0 Å². The monoisotopic (exact) mass is 390 g/mol. The first-order valence-electron chi connectivity index (χ1n) is 7.26. The van der Waals surface area contributed by atoms with Gasteiger partial charge in [0.1, 0.15) is 11.9 Å². The Hall–Kier alpha value is -0.470. The van der Waals surface area contributed by atoms with Gasteiger partial charge in [0, 0.05) is 19.6 Å². The summed E-state index contributed by atoms with van der Waals surface area (Å²) in [5.41, 5.74) is 1.10. The molecule has 1 N–H and O–H groups in total. The molecule has 2 heterocycles. The van der Waals surface area contributed by atoms with Crippen molar-refractivity contribution in [1.29, 1.82) is 0 Å². The van der Waals surface area contributed by atoms with Crippen molar-refractivity contribution in [3.8, 4) is 0 Å². The summed E-state index contributed by atoms with van der Waals surface area (Å²) >= 11 is 2.33. The summed E-state index contributed by atoms with van der Waals surface area (Å²) in [6.45, 7) is 7.80. The largest absolute Gasteiger partial charge is 0.369 e. The van der Waals surface area contributed by atoms with Gasteiger partial charge >= 0.3 is 0 Å². The molecule has 2 rings (SSSR count). The number of hydrogen-bond acceptors (Lipinski definition) is 5. The molecule has 0 aliphatic carbocycles. The normalized spacial score (nSPS) is 20.1. The number of nitrogens with one attached hydrogen (secondary N) is 1. The highest BCUT2D eigenvalue weighted by atomic mass is 127. The third kappa shape index (κ3) is 3.79. The SMILES string of the molecule is CCCNc1nc(C2CN(C)CCO2)nc(CC)c1I. The lowest BCUT2D eigenvalue weighted by Gasteiger charge is -2.29. The van der Waals surface area contributed by atoms with Gasteiger partial charge in [0.15, 0.2) is 5.82 Å². The molecule has 5 nitrogen and oxygen atoms in total. The van der Waals surface area contributed by atoms with Crippen molar-refractivity contribution in [2.75, 3.05) is 38.6 Å². The second-order valence-corrected chi connectivity index (χ2v) is 6.17. The van der Waals surface area contributed by atoms with E-state index in [4.69, 9.17) is 14.7 Å². The molecule has 0 bridgehead atoms. The number of halogens is 1. The summed E-state index contributed by atoms with van der Waals surface area (Å²) in [6, 6.07) is 0. The second-order valence-electron chi connectivity index (χ2n) is 5.09. The van der Waals surface area contributed by atoms with Gasteiger partial charge in [-0.15, -0.1) is 0 Å². The lowest BCUT2D eigenvalue weighted by Crippen LogP contribution is -2.36. The van der Waals surface area contributed by atoms with Crippen LogP contribution in [0.4, 0.5) is 5.82 Å². The summed E-state index contributed by atoms with van der Waals surface area (Å²) in [5.74, 6) is 1.76. The van der Waals surface area contributed by atoms with Crippen molar-refractivity contribution < 1.29 is 4.74 Å². The molecular formula is C14H23IN4O. The maximum absolute atomic E-state index is 5.84. The van der Waals surface area contributed by atoms with Crippen molar-refractivity contribution in [2.24, 2.45) is 0 Å². The summed E-state index contributed by atoms with van der Waals surface area (Å²) in [5, 5.41) is 3.40. The molecule has 0 aromatic carbocycles. The molecule has 20 heavy (non-hydrogen) atoms. The zero-order valence-corrected chi connectivity index (χ0v) is 14.6. The van der Waals surface area contributed by atoms with Crippen LogP contribution in [0.15, 0.2) is 0 Å². The van der Waals surface area contributed by atoms with E-state index in [1.807, 2.05) is 0 Å². The molecule has 1 aliphatic rings. The van der Waals surface area contributed by atoms with Crippen molar-refractivity contribution in [1.82, 2.24) is 14.9 Å². The van der Waals surface area contributed by atoms with E-state index in [9.17, 15) is 0 Å². The molecule has 1 atom stereocenters. The molecule has 1 aliphatic heterocycles. The zero-order chi connectivity index (χ0) is 14.5. The van der Waals surface area contributed by atoms with E-state index < -0.39 is 0 Å². The molecule has 1 aromatic rings. The lowest BCUT2D eigenvalue weighted by molar-refractivity contribution is -0.0255. The fourth-order valence-electron chi connectivity index (χ4n) is 2.19. The standard InChI is InChI=1S/C14H23IN4O/c1-4-6-16-14-12(15)10(5-2)17-13(18-14)11-9-19(3)7-8-20-11/h11H,4-9H2,1-3H3,(H,16,17,18). The van der Waals surface area contributed by atoms with E-state index >= 15 is 0 Å². The molecule has 1 fully saturated rings. The topological polar surface area (TPSA) is 50.3 Å². The van der Waals surface area contributed by atoms with Crippen molar-refractivity contribution in [3.63, 3.8) is 0 Å². The third-order valence-electron chi connectivity index (χ3n) is 3.37. The Morgan fingerprint density at radius 1 is 1.40 bits per heavy atom. The van der Waals surface area contributed by atoms with Gasteiger partial charge in [0.05, 0.1) is 15.9 Å². The van der Waals surface area contributed by atoms with Crippen LogP contribution in [0.2, 0.25) is 0 Å². The molecule has 0 radical (unpaired) electrons. The van der Waals surface area contributed by atoms with E-state index in [0.717, 1.165) is 60.0 Å². The summed E-state index contributed by atoms with van der Waals surface area (Å²) in [6.07, 6.45) is 1.98. The first-order valence-corrected chi connectivity index (χ1v) is 8.33. The van der Waals surface area contributed by atoms with Crippen LogP contribution in [-0.4, -0.2) is 48.2 Å². The highest BCUT2D eigenvalue weighted by molar-refractivity contribution is 14.1. The van der Waals surface area contributed by atoms with Crippen LogP contribution in [0.25, 0.3) is 0 Å². The smallest absolute Gasteiger partial charge is 0.161 e. The fourth-order valence-corrected chi connectivity index (χ4v) is 3.00. The van der Waals surface area contributed by atoms with E-state index in [1.165, 1.54) is 0 Å². The van der Waals surface area contributed by atoms with Crippen molar-refractivity contribution >= 4 is 28.4 Å². The second kappa shape index (κ2) is 7.51. The Balaban J connectivity index is 2.27. The van der Waals surface area contributed by atoms with Gasteiger partial charge in [-0.3, -0.25) is 0 Å². The average molecular weight is 390 g/mol. The molecule has 0 spiro atoms. The highest BCUT2D eigenvalue weighted by Crippen LogP contribution is 2.25. The number of hydrogen-bond donors (Lipinski definition) is 1. The maximum atomic E-state index is 5.84. The van der Waals surface area contributed by atoms with E-state index in [1.54, 1.807) is 0 Å². The van der Waals surface area contributed by atoms with Crippen molar-refractivity contribution in [3.05, 3.63) is 15.1 Å². The predicted octanol–water partition coefficient (Wildman–Crippen LogP) is 2.47. The van der Waals surface area contributed by atoms with Gasteiger partial charge in [0.2, 0.25) is 0 Å². The van der Waals surface area contributed by atoms with Crippen LogP contribution < -0.4 is 5.32 Å². The minimum atomic E-state index is -0.0155. The highest BCUT2D eigenvalue weighted by Gasteiger charge is 2.24. The maximum Gasteiger partial charge on any atom is 0.161 e. The van der Waals surface area contributed by atoms with Crippen LogP contribution in [0.1, 0.15) is 37.9 Å². The third-order valence-corrected chi connectivity index (χ3v) is 4.51. The number of morpholine rings is 1. The van der Waals surface area contributed by atoms with Gasteiger partial charge in [-0.2, -0.15) is 0 Å². The van der Waals surface area contributed by atoms with Gasteiger partial charge < -0.3 is 15.0 Å². The minimum Gasteiger partial charge on any atom is -0.369 e. The van der Waals surface area contributed by atoms with Crippen LogP contribution in [-0.2, 0) is 11.2 Å². The molecule has 112 valence electrons. The predicted molar refractivity (Wildman–Crippen MR) is 89.1 cm³/mol. The summed E-state index contributed by atoms with van der Waals surface area (Å²) in [4.78, 5) is 11.7. The number of nitrogens with zero attached hydrogens (tertiary/aromatic N) is 3. The first-order chi connectivity index (χ1) is 9.65. The first kappa shape index (κ1) is 15.9. The Kier molecular flexibility index (Phi) is 5.98. The molecule has 1 unspecified atom stereocenters. The zero-order valence-electron chi connectivity index (χ0n) is 12.4. The Morgan fingerprint density at radius 2 is 2.20 bits per heavy atom. The molecule has 6 heteroatoms. The van der Waals surface area contributed by atoms with Crippen LogP contribution in [0.5, 0.6) is 0 Å². The van der Waals surface area contributed by atoms with Gasteiger partial charge in [-0.05, 0) is 42.5 Å². The van der Waals surface area contributed by atoms with E-state index in [-0.39, 0.29) is 6.10 Å². The van der Waals surface area contributed by atoms with E-state index in [2.05, 4.69) is 53.7 Å². The minimum absolute atomic E-state index is 0.0155. The molecular weight excluding hydrogens is 367 g/mol. The summed E-state index contributed by atoms with van der Waals surface area (Å²) in [7, 11) is 2.11. The number of likely N-dealkylation sites (N-methyl/N-ethyl adjacent to an activating group) is 1. The number of aromatic nitrogens is 2. The Bertz CT molecular complexity index is 455.